The van der Waals surface area contributed by atoms with Gasteiger partial charge in [0, 0.05) is 31.9 Å². The predicted octanol–water partition coefficient (Wildman–Crippen LogP) is 1.93. The van der Waals surface area contributed by atoms with Gasteiger partial charge in [0.1, 0.15) is 5.52 Å². The molecule has 1 aromatic heterocycles. The van der Waals surface area contributed by atoms with Crippen molar-refractivity contribution in [3.8, 4) is 0 Å². The monoisotopic (exact) mass is 260 g/mol. The summed E-state index contributed by atoms with van der Waals surface area (Å²) in [5.41, 5.74) is 7.20. The first-order chi connectivity index (χ1) is 9.19. The molecule has 6 heteroatoms. The van der Waals surface area contributed by atoms with Gasteiger partial charge >= 0.3 is 0 Å². The van der Waals surface area contributed by atoms with E-state index in [-0.39, 0.29) is 10.6 Å². The van der Waals surface area contributed by atoms with E-state index in [4.69, 9.17) is 5.73 Å². The smallest absolute Gasteiger partial charge is 0.278 e. The number of benzene rings is 1. The number of likely N-dealkylation sites (N-methyl/N-ethyl adjacent to an activating group) is 1. The Labute approximate surface area is 111 Å². The van der Waals surface area contributed by atoms with Gasteiger partial charge in [-0.2, -0.15) is 0 Å². The highest BCUT2D eigenvalue weighted by atomic mass is 16.6. The van der Waals surface area contributed by atoms with Gasteiger partial charge < -0.3 is 10.6 Å². The molecule has 0 unspecified atom stereocenters. The molecule has 0 fully saturated rings. The second-order valence-electron chi connectivity index (χ2n) is 4.13. The Hall–Kier alpha value is -2.21. The third-order valence-corrected chi connectivity index (χ3v) is 3.04. The molecule has 1 heterocycles. The molecular formula is C13H16N4O2. The van der Waals surface area contributed by atoms with Crippen molar-refractivity contribution in [1.82, 2.24) is 4.98 Å². The fraction of sp³-hybridized carbons (Fsp3) is 0.308. The molecule has 0 aliphatic carbocycles. The highest BCUT2D eigenvalue weighted by molar-refractivity contribution is 5.97. The first-order valence-electron chi connectivity index (χ1n) is 6.16. The molecule has 0 aliphatic heterocycles. The fourth-order valence-electron chi connectivity index (χ4n) is 2.16. The number of hydrogen-bond acceptors (Lipinski definition) is 5. The van der Waals surface area contributed by atoms with Crippen molar-refractivity contribution >= 4 is 22.3 Å². The zero-order valence-electron chi connectivity index (χ0n) is 10.7. The van der Waals surface area contributed by atoms with E-state index in [2.05, 4.69) is 9.88 Å². The molecule has 0 radical (unpaired) electrons. The number of hydrogen-bond donors (Lipinski definition) is 1. The van der Waals surface area contributed by atoms with E-state index in [1.807, 2.05) is 6.92 Å². The number of nitrogens with zero attached hydrogens (tertiary/aromatic N) is 3. The summed E-state index contributed by atoms with van der Waals surface area (Å²) in [5.74, 6) is 0. The topological polar surface area (TPSA) is 85.3 Å². The van der Waals surface area contributed by atoms with Gasteiger partial charge in [0.2, 0.25) is 0 Å². The summed E-state index contributed by atoms with van der Waals surface area (Å²) in [7, 11) is 0. The summed E-state index contributed by atoms with van der Waals surface area (Å²) in [6.07, 6.45) is 1.64. The van der Waals surface area contributed by atoms with Gasteiger partial charge in [-0.15, -0.1) is 0 Å². The zero-order chi connectivity index (χ0) is 13.8. The van der Waals surface area contributed by atoms with E-state index in [0.29, 0.717) is 24.0 Å². The van der Waals surface area contributed by atoms with Gasteiger partial charge in [0.05, 0.1) is 16.0 Å². The number of pyridine rings is 1. The van der Waals surface area contributed by atoms with E-state index in [9.17, 15) is 10.1 Å². The van der Waals surface area contributed by atoms with Crippen LogP contribution in [0.1, 0.15) is 6.92 Å². The molecule has 2 N–H and O–H groups in total. The Morgan fingerprint density at radius 3 is 2.84 bits per heavy atom. The normalized spacial score (nSPS) is 10.6. The molecule has 100 valence electrons. The third kappa shape index (κ3) is 2.48. The number of non-ortho nitro benzene ring substituents is 1. The number of nitro benzene ring substituents is 1. The molecule has 0 amide bonds. The van der Waals surface area contributed by atoms with Gasteiger partial charge in [0.15, 0.2) is 0 Å². The summed E-state index contributed by atoms with van der Waals surface area (Å²) in [6.45, 7) is 4.02. The number of anilines is 1. The lowest BCUT2D eigenvalue weighted by molar-refractivity contribution is -0.383. The highest BCUT2D eigenvalue weighted by Gasteiger charge is 2.17. The number of aromatic nitrogens is 1. The van der Waals surface area contributed by atoms with Crippen molar-refractivity contribution in [2.45, 2.75) is 6.92 Å². The largest absolute Gasteiger partial charge is 0.369 e. The molecule has 0 aliphatic rings. The molecule has 1 aromatic carbocycles. The van der Waals surface area contributed by atoms with Crippen molar-refractivity contribution in [1.29, 1.82) is 0 Å². The molecule has 6 nitrogen and oxygen atoms in total. The Balaban J connectivity index is 2.64. The quantitative estimate of drug-likeness (QED) is 0.655. The average molecular weight is 260 g/mol. The van der Waals surface area contributed by atoms with Gasteiger partial charge in [-0.05, 0) is 25.1 Å². The molecule has 0 spiro atoms. The van der Waals surface area contributed by atoms with Crippen molar-refractivity contribution < 1.29 is 4.92 Å². The zero-order valence-corrected chi connectivity index (χ0v) is 10.7. The molecule has 0 saturated heterocycles. The van der Waals surface area contributed by atoms with Crippen LogP contribution >= 0.6 is 0 Å². The Kier molecular flexibility index (Phi) is 3.91. The molecular weight excluding hydrogens is 244 g/mol. The van der Waals surface area contributed by atoms with E-state index in [0.717, 1.165) is 12.2 Å². The van der Waals surface area contributed by atoms with E-state index in [1.54, 1.807) is 24.4 Å². The number of nitro groups is 1. The molecule has 2 rings (SSSR count). The predicted molar refractivity (Wildman–Crippen MR) is 75.3 cm³/mol. The maximum atomic E-state index is 11.0. The van der Waals surface area contributed by atoms with Gasteiger partial charge in [-0.1, -0.05) is 0 Å². The summed E-state index contributed by atoms with van der Waals surface area (Å²) >= 11 is 0. The first-order valence-corrected chi connectivity index (χ1v) is 6.16. The standard InChI is InChI=1S/C13H16N4O2/c1-2-16(9-7-14)12-6-5-11(17(18)19)10-4-3-8-15-13(10)12/h3-6,8H,2,7,9,14H2,1H3. The number of fused-ring (bicyclic) bond motifs is 1. The number of nitrogens with two attached hydrogens (primary N) is 1. The molecule has 0 atom stereocenters. The van der Waals surface area contributed by atoms with Crippen LogP contribution in [0, 0.1) is 10.1 Å². The summed E-state index contributed by atoms with van der Waals surface area (Å²) in [4.78, 5) is 17.0. The van der Waals surface area contributed by atoms with Crippen LogP contribution < -0.4 is 10.6 Å². The summed E-state index contributed by atoms with van der Waals surface area (Å²) < 4.78 is 0. The van der Waals surface area contributed by atoms with E-state index >= 15 is 0 Å². The number of rotatable bonds is 5. The molecule has 19 heavy (non-hydrogen) atoms. The van der Waals surface area contributed by atoms with Gasteiger partial charge in [-0.25, -0.2) is 0 Å². The Bertz CT molecular complexity index is 600. The van der Waals surface area contributed by atoms with Crippen LogP contribution in [-0.2, 0) is 0 Å². The Morgan fingerprint density at radius 1 is 1.42 bits per heavy atom. The third-order valence-electron chi connectivity index (χ3n) is 3.04. The fourth-order valence-corrected chi connectivity index (χ4v) is 2.16. The highest BCUT2D eigenvalue weighted by Crippen LogP contribution is 2.31. The van der Waals surface area contributed by atoms with Crippen LogP contribution in [0.5, 0.6) is 0 Å². The van der Waals surface area contributed by atoms with Crippen LogP contribution in [0.15, 0.2) is 30.5 Å². The second-order valence-corrected chi connectivity index (χ2v) is 4.13. The lowest BCUT2D eigenvalue weighted by Gasteiger charge is -2.23. The van der Waals surface area contributed by atoms with Gasteiger partial charge in [0.25, 0.3) is 5.69 Å². The Morgan fingerprint density at radius 2 is 2.21 bits per heavy atom. The van der Waals surface area contributed by atoms with Crippen molar-refractivity contribution in [2.75, 3.05) is 24.5 Å². The van der Waals surface area contributed by atoms with Crippen molar-refractivity contribution in [2.24, 2.45) is 5.73 Å². The first kappa shape index (κ1) is 13.2. The molecule has 2 aromatic rings. The summed E-state index contributed by atoms with van der Waals surface area (Å²) in [6, 6.07) is 6.70. The second kappa shape index (κ2) is 5.62. The lowest BCUT2D eigenvalue weighted by Crippen LogP contribution is -2.29. The molecule has 0 bridgehead atoms. The average Bonchev–Trinajstić information content (AvgIpc) is 2.43. The van der Waals surface area contributed by atoms with Crippen molar-refractivity contribution in [3.63, 3.8) is 0 Å². The van der Waals surface area contributed by atoms with E-state index < -0.39 is 0 Å². The lowest BCUT2D eigenvalue weighted by atomic mass is 10.1. The summed E-state index contributed by atoms with van der Waals surface area (Å²) in [5, 5.41) is 11.6. The van der Waals surface area contributed by atoms with Crippen LogP contribution in [0.3, 0.4) is 0 Å². The minimum atomic E-state index is -0.382. The molecule has 0 saturated carbocycles. The van der Waals surface area contributed by atoms with Gasteiger partial charge in [-0.3, -0.25) is 15.1 Å². The van der Waals surface area contributed by atoms with E-state index in [1.165, 1.54) is 6.07 Å². The van der Waals surface area contributed by atoms with Crippen molar-refractivity contribution in [3.05, 3.63) is 40.6 Å². The van der Waals surface area contributed by atoms with Crippen LogP contribution in [0.4, 0.5) is 11.4 Å². The minimum absolute atomic E-state index is 0.0793. The maximum Gasteiger partial charge on any atom is 0.278 e. The SMILES string of the molecule is CCN(CCN)c1ccc([N+](=O)[O-])c2cccnc12. The van der Waals surface area contributed by atoms with Crippen LogP contribution in [0.2, 0.25) is 0 Å². The minimum Gasteiger partial charge on any atom is -0.369 e. The van der Waals surface area contributed by atoms with Crippen LogP contribution in [-0.4, -0.2) is 29.5 Å². The maximum absolute atomic E-state index is 11.0. The van der Waals surface area contributed by atoms with Crippen LogP contribution in [0.25, 0.3) is 10.9 Å².